The maximum Gasteiger partial charge on any atom is 0.336 e. The van der Waals surface area contributed by atoms with Crippen molar-refractivity contribution in [2.45, 2.75) is 33.7 Å². The van der Waals surface area contributed by atoms with Crippen LogP contribution in [0.2, 0.25) is 0 Å². The standard InChI is InChI=1S/C21H23FN2O4/c1-11(2)18(24-19(25)14-5-7-15(22)8-6-14)20(26)23-17-10-16(21(27)28)12(3)9-13(17)4/h5-11,18H,1-4H3,(H,23,26)(H,24,25)(H,27,28). The minimum absolute atomic E-state index is 0.0948. The van der Waals surface area contributed by atoms with Gasteiger partial charge in [-0.15, -0.1) is 0 Å². The van der Waals surface area contributed by atoms with E-state index in [-0.39, 0.29) is 17.0 Å². The average Bonchev–Trinajstić information content (AvgIpc) is 2.61. The molecule has 0 saturated heterocycles. The van der Waals surface area contributed by atoms with Crippen LogP contribution in [0.3, 0.4) is 0 Å². The molecule has 0 radical (unpaired) electrons. The zero-order valence-electron chi connectivity index (χ0n) is 16.2. The zero-order chi connectivity index (χ0) is 21.0. The minimum Gasteiger partial charge on any atom is -0.478 e. The summed E-state index contributed by atoms with van der Waals surface area (Å²) >= 11 is 0. The molecule has 0 spiro atoms. The number of halogens is 1. The SMILES string of the molecule is Cc1cc(C)c(C(=O)O)cc1NC(=O)C(NC(=O)c1ccc(F)cc1)C(C)C. The normalized spacial score (nSPS) is 11.8. The van der Waals surface area contributed by atoms with Crippen molar-refractivity contribution in [1.29, 1.82) is 0 Å². The van der Waals surface area contributed by atoms with Gasteiger partial charge >= 0.3 is 5.97 Å². The largest absolute Gasteiger partial charge is 0.478 e. The first-order valence-electron chi connectivity index (χ1n) is 8.82. The van der Waals surface area contributed by atoms with Gasteiger partial charge in [-0.1, -0.05) is 19.9 Å². The lowest BCUT2D eigenvalue weighted by molar-refractivity contribution is -0.118. The van der Waals surface area contributed by atoms with Crippen molar-refractivity contribution in [3.63, 3.8) is 0 Å². The Labute approximate surface area is 162 Å². The third-order valence-electron chi connectivity index (χ3n) is 4.40. The topological polar surface area (TPSA) is 95.5 Å². The first kappa shape index (κ1) is 21.1. The van der Waals surface area contributed by atoms with Crippen LogP contribution in [0.15, 0.2) is 36.4 Å². The molecule has 0 fully saturated rings. The molecule has 0 aromatic heterocycles. The molecule has 1 unspecified atom stereocenters. The third kappa shape index (κ3) is 4.94. The van der Waals surface area contributed by atoms with Crippen molar-refractivity contribution < 1.29 is 23.9 Å². The van der Waals surface area contributed by atoms with E-state index in [1.165, 1.54) is 30.3 Å². The summed E-state index contributed by atoms with van der Waals surface area (Å²) in [5, 5.41) is 14.6. The predicted octanol–water partition coefficient (Wildman–Crippen LogP) is 3.53. The molecule has 0 aliphatic heterocycles. The summed E-state index contributed by atoms with van der Waals surface area (Å²) in [4.78, 5) is 36.5. The second-order valence-electron chi connectivity index (χ2n) is 6.98. The van der Waals surface area contributed by atoms with E-state index in [9.17, 15) is 23.9 Å². The fourth-order valence-electron chi connectivity index (χ4n) is 2.79. The average molecular weight is 386 g/mol. The van der Waals surface area contributed by atoms with Gasteiger partial charge in [-0.2, -0.15) is 0 Å². The molecule has 1 atom stereocenters. The van der Waals surface area contributed by atoms with E-state index in [0.717, 1.165) is 0 Å². The molecule has 2 amide bonds. The molecule has 2 aromatic carbocycles. The molecule has 3 N–H and O–H groups in total. The lowest BCUT2D eigenvalue weighted by Crippen LogP contribution is -2.47. The van der Waals surface area contributed by atoms with Crippen LogP contribution in [-0.2, 0) is 4.79 Å². The van der Waals surface area contributed by atoms with Crippen LogP contribution >= 0.6 is 0 Å². The number of aromatic carboxylic acids is 1. The Morgan fingerprint density at radius 3 is 2.14 bits per heavy atom. The monoisotopic (exact) mass is 386 g/mol. The summed E-state index contributed by atoms with van der Waals surface area (Å²) in [5.74, 6) is -2.74. The van der Waals surface area contributed by atoms with Crippen molar-refractivity contribution in [3.8, 4) is 0 Å². The van der Waals surface area contributed by atoms with E-state index < -0.39 is 29.6 Å². The van der Waals surface area contributed by atoms with Crippen LogP contribution < -0.4 is 10.6 Å². The fraction of sp³-hybridized carbons (Fsp3) is 0.286. The highest BCUT2D eigenvalue weighted by Crippen LogP contribution is 2.21. The highest BCUT2D eigenvalue weighted by atomic mass is 19.1. The Bertz CT molecular complexity index is 907. The third-order valence-corrected chi connectivity index (χ3v) is 4.40. The maximum atomic E-state index is 13.0. The van der Waals surface area contributed by atoms with Crippen molar-refractivity contribution in [1.82, 2.24) is 5.32 Å². The number of rotatable bonds is 6. The first-order valence-corrected chi connectivity index (χ1v) is 8.82. The van der Waals surface area contributed by atoms with Gasteiger partial charge in [0.15, 0.2) is 0 Å². The molecular formula is C21H23FN2O4. The van der Waals surface area contributed by atoms with E-state index in [0.29, 0.717) is 16.8 Å². The number of nitrogens with one attached hydrogen (secondary N) is 2. The quantitative estimate of drug-likeness (QED) is 0.708. The predicted molar refractivity (Wildman–Crippen MR) is 104 cm³/mol. The minimum atomic E-state index is -1.09. The number of anilines is 1. The fourth-order valence-corrected chi connectivity index (χ4v) is 2.79. The van der Waals surface area contributed by atoms with Gasteiger partial charge in [-0.3, -0.25) is 9.59 Å². The van der Waals surface area contributed by atoms with E-state index >= 15 is 0 Å². The number of carboxylic acids is 1. The number of amides is 2. The van der Waals surface area contributed by atoms with Gasteiger partial charge in [0.2, 0.25) is 5.91 Å². The number of carbonyl (C=O) groups excluding carboxylic acids is 2. The molecule has 0 heterocycles. The lowest BCUT2D eigenvalue weighted by Gasteiger charge is -2.22. The van der Waals surface area contributed by atoms with Gasteiger partial charge < -0.3 is 15.7 Å². The summed E-state index contributed by atoms with van der Waals surface area (Å²) in [5.41, 5.74) is 2.00. The second-order valence-corrected chi connectivity index (χ2v) is 6.98. The molecule has 0 aliphatic carbocycles. The van der Waals surface area contributed by atoms with E-state index in [1.807, 2.05) is 0 Å². The summed E-state index contributed by atoms with van der Waals surface area (Å²) in [6.07, 6.45) is 0. The summed E-state index contributed by atoms with van der Waals surface area (Å²) in [7, 11) is 0. The molecule has 2 rings (SSSR count). The Hall–Kier alpha value is -3.22. The molecule has 148 valence electrons. The van der Waals surface area contributed by atoms with Crippen LogP contribution in [0.1, 0.15) is 45.7 Å². The van der Waals surface area contributed by atoms with E-state index in [4.69, 9.17) is 0 Å². The number of benzene rings is 2. The van der Waals surface area contributed by atoms with Gasteiger partial charge in [0.25, 0.3) is 5.91 Å². The summed E-state index contributed by atoms with van der Waals surface area (Å²) in [6, 6.07) is 7.24. The number of carboxylic acid groups (broad SMARTS) is 1. The number of hydrogen-bond donors (Lipinski definition) is 3. The van der Waals surface area contributed by atoms with Gasteiger partial charge in [0.05, 0.1) is 5.56 Å². The van der Waals surface area contributed by atoms with E-state index in [2.05, 4.69) is 10.6 Å². The highest BCUT2D eigenvalue weighted by molar-refractivity contribution is 6.02. The molecule has 0 aliphatic rings. The Balaban J connectivity index is 2.21. The molecule has 6 nitrogen and oxygen atoms in total. The van der Waals surface area contributed by atoms with Crippen LogP contribution in [0.25, 0.3) is 0 Å². The first-order chi connectivity index (χ1) is 13.1. The molecule has 7 heteroatoms. The van der Waals surface area contributed by atoms with Crippen LogP contribution in [0.5, 0.6) is 0 Å². The van der Waals surface area contributed by atoms with Crippen molar-refractivity contribution in [2.75, 3.05) is 5.32 Å². The van der Waals surface area contributed by atoms with Crippen LogP contribution in [0, 0.1) is 25.6 Å². The Morgan fingerprint density at radius 1 is 1.00 bits per heavy atom. The molecule has 0 saturated carbocycles. The van der Waals surface area contributed by atoms with Crippen molar-refractivity contribution in [3.05, 3.63) is 64.5 Å². The Kier molecular flexibility index (Phi) is 6.51. The number of carbonyl (C=O) groups is 3. The summed E-state index contributed by atoms with van der Waals surface area (Å²) < 4.78 is 13.0. The zero-order valence-corrected chi connectivity index (χ0v) is 16.2. The molecule has 0 bridgehead atoms. The molecule has 2 aromatic rings. The number of hydrogen-bond acceptors (Lipinski definition) is 3. The molecular weight excluding hydrogens is 363 g/mol. The smallest absolute Gasteiger partial charge is 0.336 e. The van der Waals surface area contributed by atoms with Crippen molar-refractivity contribution >= 4 is 23.5 Å². The lowest BCUT2D eigenvalue weighted by atomic mass is 10.0. The molecule has 28 heavy (non-hydrogen) atoms. The summed E-state index contributed by atoms with van der Waals surface area (Å²) in [6.45, 7) is 7.00. The second kappa shape index (κ2) is 8.65. The van der Waals surface area contributed by atoms with Gasteiger partial charge in [-0.05, 0) is 61.2 Å². The number of aryl methyl sites for hydroxylation is 2. The Morgan fingerprint density at radius 2 is 1.61 bits per heavy atom. The van der Waals surface area contributed by atoms with Crippen LogP contribution in [0.4, 0.5) is 10.1 Å². The van der Waals surface area contributed by atoms with Crippen molar-refractivity contribution in [2.24, 2.45) is 5.92 Å². The van der Waals surface area contributed by atoms with E-state index in [1.54, 1.807) is 33.8 Å². The highest BCUT2D eigenvalue weighted by Gasteiger charge is 2.25. The van der Waals surface area contributed by atoms with Gasteiger partial charge in [0.1, 0.15) is 11.9 Å². The van der Waals surface area contributed by atoms with Gasteiger partial charge in [0, 0.05) is 11.3 Å². The maximum absolute atomic E-state index is 13.0. The van der Waals surface area contributed by atoms with Gasteiger partial charge in [-0.25, -0.2) is 9.18 Å². The van der Waals surface area contributed by atoms with Crippen LogP contribution in [-0.4, -0.2) is 28.9 Å².